The van der Waals surface area contributed by atoms with Crippen LogP contribution in [0.4, 0.5) is 5.82 Å². The fourth-order valence-corrected chi connectivity index (χ4v) is 5.48. The van der Waals surface area contributed by atoms with Crippen LogP contribution in [0.2, 0.25) is 0 Å². The van der Waals surface area contributed by atoms with Gasteiger partial charge in [0.15, 0.2) is 16.9 Å². The second-order valence-electron chi connectivity index (χ2n) is 12.8. The molecule has 0 fully saturated rings. The Kier molecular flexibility index (Phi) is 11.1. The number of nitrogens with zero attached hydrogens (tertiary/aromatic N) is 11. The van der Waals surface area contributed by atoms with Crippen molar-refractivity contribution in [2.24, 2.45) is 0 Å². The lowest BCUT2D eigenvalue weighted by atomic mass is 10.2. The molecule has 11 heteroatoms. The quantitative estimate of drug-likeness (QED) is 0.190. The first-order valence-corrected chi connectivity index (χ1v) is 16.7. The van der Waals surface area contributed by atoms with Gasteiger partial charge in [0.25, 0.3) is 0 Å². The topological polar surface area (TPSA) is 108 Å². The Morgan fingerprint density at radius 3 is 1.60 bits per heavy atom. The summed E-state index contributed by atoms with van der Waals surface area (Å²) in [5, 5.41) is 5.35. The fourth-order valence-electron chi connectivity index (χ4n) is 5.48. The second kappa shape index (κ2) is 15.6. The molecular formula is C37H47N11. The van der Waals surface area contributed by atoms with Gasteiger partial charge >= 0.3 is 0 Å². The Hall–Kier alpha value is -5.19. The van der Waals surface area contributed by atoms with E-state index >= 15 is 0 Å². The molecule has 0 saturated carbocycles. The number of hydrogen-bond acceptors (Lipinski definition) is 8. The number of hydrogen-bond donors (Lipinski definition) is 0. The van der Waals surface area contributed by atoms with Crippen LogP contribution in [0.1, 0.15) is 79.1 Å². The average Bonchev–Trinajstić information content (AvgIpc) is 3.89. The van der Waals surface area contributed by atoms with Crippen molar-refractivity contribution in [3.8, 4) is 0 Å². The summed E-state index contributed by atoms with van der Waals surface area (Å²) in [6.07, 6.45) is 13.9. The minimum atomic E-state index is 0.373. The van der Waals surface area contributed by atoms with Crippen LogP contribution in [-0.2, 0) is 6.42 Å². The highest BCUT2D eigenvalue weighted by molar-refractivity contribution is 5.74. The molecule has 0 radical (unpaired) electrons. The van der Waals surface area contributed by atoms with Gasteiger partial charge in [0, 0.05) is 60.9 Å². The normalized spacial score (nSPS) is 12.3. The van der Waals surface area contributed by atoms with E-state index < -0.39 is 0 Å². The molecule has 8 heterocycles. The molecule has 0 amide bonds. The molecule has 0 spiro atoms. The van der Waals surface area contributed by atoms with Gasteiger partial charge in [0.05, 0.1) is 18.9 Å². The van der Waals surface area contributed by atoms with Gasteiger partial charge in [-0.3, -0.25) is 0 Å². The molecule has 0 saturated heterocycles. The van der Waals surface area contributed by atoms with Gasteiger partial charge < -0.3 is 14.0 Å². The molecule has 0 aliphatic carbocycles. The molecule has 7 aromatic heterocycles. The molecule has 7 aromatic rings. The predicted octanol–water partition coefficient (Wildman–Crippen LogP) is 7.89. The van der Waals surface area contributed by atoms with E-state index in [1.807, 2.05) is 72.2 Å². The molecule has 0 N–H and O–H groups in total. The van der Waals surface area contributed by atoms with Crippen LogP contribution >= 0.6 is 0 Å². The monoisotopic (exact) mass is 645 g/mol. The summed E-state index contributed by atoms with van der Waals surface area (Å²) in [5.74, 6) is 1.19. The highest BCUT2D eigenvalue weighted by Crippen LogP contribution is 2.26. The highest BCUT2D eigenvalue weighted by Gasteiger charge is 2.21. The average molecular weight is 646 g/mol. The Labute approximate surface area is 282 Å². The molecule has 1 aliphatic heterocycles. The van der Waals surface area contributed by atoms with Crippen molar-refractivity contribution in [2.75, 3.05) is 11.4 Å². The summed E-state index contributed by atoms with van der Waals surface area (Å²) in [6, 6.07) is 17.7. The van der Waals surface area contributed by atoms with E-state index in [9.17, 15) is 0 Å². The summed E-state index contributed by atoms with van der Waals surface area (Å²) in [4.78, 5) is 28.0. The fraction of sp³-hybridized carbons (Fsp3) is 0.378. The van der Waals surface area contributed by atoms with Crippen LogP contribution < -0.4 is 4.90 Å². The van der Waals surface area contributed by atoms with E-state index in [0.717, 1.165) is 46.3 Å². The van der Waals surface area contributed by atoms with E-state index in [0.29, 0.717) is 24.2 Å². The Bertz CT molecular complexity index is 1850. The van der Waals surface area contributed by atoms with Crippen LogP contribution in [0.15, 0.2) is 92.2 Å². The van der Waals surface area contributed by atoms with Gasteiger partial charge in [-0.2, -0.15) is 5.10 Å². The lowest BCUT2D eigenvalue weighted by molar-refractivity contribution is 0.546. The van der Waals surface area contributed by atoms with Gasteiger partial charge in [-0.25, -0.2) is 34.6 Å². The van der Waals surface area contributed by atoms with Crippen LogP contribution in [0.5, 0.6) is 0 Å². The van der Waals surface area contributed by atoms with E-state index in [1.54, 1.807) is 18.6 Å². The van der Waals surface area contributed by atoms with Gasteiger partial charge in [-0.05, 0) is 110 Å². The van der Waals surface area contributed by atoms with E-state index in [4.69, 9.17) is 0 Å². The number of rotatable bonds is 4. The van der Waals surface area contributed by atoms with Gasteiger partial charge in [-0.15, -0.1) is 0 Å². The van der Waals surface area contributed by atoms with Crippen molar-refractivity contribution < 1.29 is 0 Å². The molecule has 0 atom stereocenters. The minimum Gasteiger partial charge on any atom is -0.354 e. The van der Waals surface area contributed by atoms with Crippen molar-refractivity contribution in [1.82, 2.24) is 48.8 Å². The maximum Gasteiger partial charge on any atom is 0.160 e. The highest BCUT2D eigenvalue weighted by atomic mass is 15.3. The lowest BCUT2D eigenvalue weighted by Crippen LogP contribution is -2.28. The van der Waals surface area contributed by atoms with Crippen molar-refractivity contribution in [1.29, 1.82) is 0 Å². The Balaban J connectivity index is 0.000000125. The van der Waals surface area contributed by atoms with Gasteiger partial charge in [-0.1, -0.05) is 6.07 Å². The third kappa shape index (κ3) is 7.84. The van der Waals surface area contributed by atoms with Gasteiger partial charge in [0.2, 0.25) is 0 Å². The largest absolute Gasteiger partial charge is 0.354 e. The smallest absolute Gasteiger partial charge is 0.160 e. The standard InChI is InChI=1S/C10H14N2.3C9H11N3/c1-8(2)12-7-5-9-4-3-6-11-10(9)12;2*1-7(2)12-6-11-8-4-3-5-10-9(8)12;1-7(2)12-9-8(6-11-12)4-3-5-10-9/h3-4,6,8H,5,7H2,1-2H3;3*3-7H,1-2H3. The number of aromatic nitrogens is 10. The molecule has 1 aliphatic rings. The van der Waals surface area contributed by atoms with Crippen LogP contribution in [0.3, 0.4) is 0 Å². The number of imidazole rings is 2. The van der Waals surface area contributed by atoms with Crippen molar-refractivity contribution >= 4 is 39.2 Å². The van der Waals surface area contributed by atoms with Crippen molar-refractivity contribution in [2.45, 2.75) is 86.0 Å². The molecule has 48 heavy (non-hydrogen) atoms. The summed E-state index contributed by atoms with van der Waals surface area (Å²) in [7, 11) is 0. The molecule has 0 bridgehead atoms. The molecule has 250 valence electrons. The van der Waals surface area contributed by atoms with Crippen molar-refractivity contribution in [3.05, 3.63) is 97.7 Å². The predicted molar refractivity (Wildman–Crippen MR) is 194 cm³/mol. The van der Waals surface area contributed by atoms with Crippen LogP contribution in [0.25, 0.3) is 33.4 Å². The molecule has 0 aromatic carbocycles. The third-order valence-electron chi connectivity index (χ3n) is 8.01. The number of fused-ring (bicyclic) bond motifs is 4. The number of anilines is 1. The van der Waals surface area contributed by atoms with E-state index in [-0.39, 0.29) is 0 Å². The van der Waals surface area contributed by atoms with E-state index in [2.05, 4.69) is 110 Å². The van der Waals surface area contributed by atoms with Crippen LogP contribution in [-0.4, -0.2) is 61.4 Å². The first kappa shape index (κ1) is 34.2. The zero-order valence-corrected chi connectivity index (χ0v) is 29.3. The second-order valence-corrected chi connectivity index (χ2v) is 12.8. The summed E-state index contributed by atoms with van der Waals surface area (Å²) < 4.78 is 6.06. The summed E-state index contributed by atoms with van der Waals surface area (Å²) in [5.41, 5.74) is 6.22. The number of pyridine rings is 4. The Morgan fingerprint density at radius 2 is 1.06 bits per heavy atom. The first-order chi connectivity index (χ1) is 23.2. The lowest BCUT2D eigenvalue weighted by Gasteiger charge is -2.22. The third-order valence-corrected chi connectivity index (χ3v) is 8.01. The van der Waals surface area contributed by atoms with Gasteiger partial charge in [0.1, 0.15) is 16.9 Å². The van der Waals surface area contributed by atoms with Crippen molar-refractivity contribution in [3.63, 3.8) is 0 Å². The molecular weight excluding hydrogens is 598 g/mol. The zero-order valence-electron chi connectivity index (χ0n) is 29.3. The molecule has 8 rings (SSSR count). The first-order valence-electron chi connectivity index (χ1n) is 16.7. The maximum absolute atomic E-state index is 4.39. The van der Waals surface area contributed by atoms with Crippen LogP contribution in [0, 0.1) is 0 Å². The SMILES string of the molecule is CC(C)N1CCc2cccnc21.CC(C)n1cnc2cccnc21.CC(C)n1cnc2cccnc21.CC(C)n1ncc2cccnc21. The summed E-state index contributed by atoms with van der Waals surface area (Å²) >= 11 is 0. The van der Waals surface area contributed by atoms with E-state index in [1.165, 1.54) is 11.4 Å². The Morgan fingerprint density at radius 1 is 0.542 bits per heavy atom. The molecule has 0 unspecified atom stereocenters. The minimum absolute atomic E-state index is 0.373. The molecule has 11 nitrogen and oxygen atoms in total. The maximum atomic E-state index is 4.39. The summed E-state index contributed by atoms with van der Waals surface area (Å²) in [6.45, 7) is 18.2. The zero-order chi connectivity index (χ0) is 34.2.